The fraction of sp³-hybridized carbons (Fsp3) is 0.435. The van der Waals surface area contributed by atoms with E-state index < -0.39 is 10.0 Å². The van der Waals surface area contributed by atoms with Crippen molar-refractivity contribution < 1.29 is 22.7 Å². The summed E-state index contributed by atoms with van der Waals surface area (Å²) in [7, 11) is 1.42. The molecule has 0 atom stereocenters. The number of nitrogens with one attached hydrogen (secondary N) is 1. The van der Waals surface area contributed by atoms with Crippen LogP contribution in [0.5, 0.6) is 11.5 Å². The molecular weight excluding hydrogens is 430 g/mol. The molecule has 2 aromatic carbocycles. The number of hydrogen-bond acceptors (Lipinski definition) is 6. The molecule has 1 heterocycles. The Kier molecular flexibility index (Phi) is 7.98. The number of methoxy groups -OCH3 is 2. The van der Waals surface area contributed by atoms with E-state index in [1.165, 1.54) is 0 Å². The number of nitrogens with zero attached hydrogens (tertiary/aromatic N) is 2. The zero-order valence-electron chi connectivity index (χ0n) is 18.8. The molecule has 0 bridgehead atoms. The fourth-order valence-corrected chi connectivity index (χ4v) is 5.23. The molecule has 1 aliphatic heterocycles. The summed E-state index contributed by atoms with van der Waals surface area (Å²) in [5.41, 5.74) is 1.35. The van der Waals surface area contributed by atoms with Crippen molar-refractivity contribution in [3.05, 3.63) is 42.5 Å². The molecule has 1 amide bonds. The van der Waals surface area contributed by atoms with Crippen molar-refractivity contribution in [3.63, 3.8) is 0 Å². The largest absolute Gasteiger partial charge is 0.493 e. The SMILES string of the molecule is COc1ccc(N(C)CC(=O)Nc2ccc(S(=O)(=O)N3CCCCCC3)cc2)cc1OC. The van der Waals surface area contributed by atoms with Crippen molar-refractivity contribution in [1.29, 1.82) is 0 Å². The van der Waals surface area contributed by atoms with Gasteiger partial charge in [0.05, 0.1) is 25.7 Å². The minimum Gasteiger partial charge on any atom is -0.493 e. The number of likely N-dealkylation sites (N-methyl/N-ethyl adjacent to an activating group) is 1. The molecule has 8 nitrogen and oxygen atoms in total. The highest BCUT2D eigenvalue weighted by Gasteiger charge is 2.25. The van der Waals surface area contributed by atoms with Gasteiger partial charge in [-0.2, -0.15) is 4.31 Å². The van der Waals surface area contributed by atoms with Gasteiger partial charge in [0.25, 0.3) is 0 Å². The number of carbonyl (C=O) groups is 1. The summed E-state index contributed by atoms with van der Waals surface area (Å²) < 4.78 is 37.9. The number of rotatable bonds is 8. The molecule has 1 saturated heterocycles. The smallest absolute Gasteiger partial charge is 0.243 e. The summed E-state index contributed by atoms with van der Waals surface area (Å²) in [5, 5.41) is 2.82. The number of carbonyl (C=O) groups excluding carboxylic acids is 1. The van der Waals surface area contributed by atoms with Crippen LogP contribution in [-0.2, 0) is 14.8 Å². The summed E-state index contributed by atoms with van der Waals surface area (Å²) in [5.74, 6) is 0.980. The summed E-state index contributed by atoms with van der Waals surface area (Å²) >= 11 is 0. The molecule has 3 rings (SSSR count). The lowest BCUT2D eigenvalue weighted by Crippen LogP contribution is -2.32. The van der Waals surface area contributed by atoms with Gasteiger partial charge >= 0.3 is 0 Å². The van der Waals surface area contributed by atoms with E-state index in [2.05, 4.69) is 5.32 Å². The molecule has 0 aliphatic carbocycles. The van der Waals surface area contributed by atoms with Crippen LogP contribution in [-0.4, -0.2) is 59.5 Å². The molecular formula is C23H31N3O5S. The summed E-state index contributed by atoms with van der Waals surface area (Å²) in [6.07, 6.45) is 3.91. The molecule has 0 spiro atoms. The lowest BCUT2D eigenvalue weighted by molar-refractivity contribution is -0.114. The summed E-state index contributed by atoms with van der Waals surface area (Å²) in [4.78, 5) is 14.5. The Balaban J connectivity index is 1.62. The van der Waals surface area contributed by atoms with E-state index in [-0.39, 0.29) is 17.3 Å². The molecule has 32 heavy (non-hydrogen) atoms. The number of amides is 1. The van der Waals surface area contributed by atoms with Gasteiger partial charge in [-0.1, -0.05) is 12.8 Å². The predicted octanol–water partition coefficient (Wildman–Crippen LogP) is 3.34. The lowest BCUT2D eigenvalue weighted by atomic mass is 10.2. The van der Waals surface area contributed by atoms with Crippen LogP contribution in [0.2, 0.25) is 0 Å². The first-order valence-electron chi connectivity index (χ1n) is 10.7. The quantitative estimate of drug-likeness (QED) is 0.649. The van der Waals surface area contributed by atoms with Gasteiger partial charge in [-0.05, 0) is 49.2 Å². The van der Waals surface area contributed by atoms with Crippen molar-refractivity contribution in [2.45, 2.75) is 30.6 Å². The van der Waals surface area contributed by atoms with Crippen LogP contribution < -0.4 is 19.7 Å². The first kappa shape index (κ1) is 23.9. The Morgan fingerprint density at radius 2 is 1.59 bits per heavy atom. The molecule has 174 valence electrons. The van der Waals surface area contributed by atoms with Crippen molar-refractivity contribution in [2.24, 2.45) is 0 Å². The standard InChI is InChI=1S/C23H31N3O5S/c1-25(19-10-13-21(30-2)22(16-19)31-3)17-23(27)24-18-8-11-20(12-9-18)32(28,29)26-14-6-4-5-7-15-26/h8-13,16H,4-7,14-15,17H2,1-3H3,(H,24,27). The minimum atomic E-state index is -3.51. The lowest BCUT2D eigenvalue weighted by Gasteiger charge is -2.21. The van der Waals surface area contributed by atoms with Crippen molar-refractivity contribution in [2.75, 3.05) is 51.1 Å². The summed E-state index contributed by atoms with van der Waals surface area (Å²) in [6, 6.07) is 11.8. The topological polar surface area (TPSA) is 88.2 Å². The third-order valence-corrected chi connectivity index (χ3v) is 7.44. The maximum Gasteiger partial charge on any atom is 0.243 e. The molecule has 0 aromatic heterocycles. The second-order valence-electron chi connectivity index (χ2n) is 7.79. The Hall–Kier alpha value is -2.78. The minimum absolute atomic E-state index is 0.114. The molecule has 1 N–H and O–H groups in total. The van der Waals surface area contributed by atoms with Crippen LogP contribution in [0, 0.1) is 0 Å². The maximum absolute atomic E-state index is 12.9. The third-order valence-electron chi connectivity index (χ3n) is 5.53. The Bertz CT molecular complexity index is 1020. The summed E-state index contributed by atoms with van der Waals surface area (Å²) in [6.45, 7) is 1.23. The molecule has 1 fully saturated rings. The van der Waals surface area contributed by atoms with E-state index in [0.29, 0.717) is 30.3 Å². The first-order chi connectivity index (χ1) is 15.3. The number of benzene rings is 2. The number of sulfonamides is 1. The van der Waals surface area contributed by atoms with E-state index in [1.54, 1.807) is 66.9 Å². The first-order valence-corrected chi connectivity index (χ1v) is 12.1. The second kappa shape index (κ2) is 10.7. The van der Waals surface area contributed by atoms with Gasteiger partial charge in [-0.3, -0.25) is 4.79 Å². The molecule has 2 aromatic rings. The van der Waals surface area contributed by atoms with Gasteiger partial charge in [0, 0.05) is 37.6 Å². The monoisotopic (exact) mass is 461 g/mol. The number of ether oxygens (including phenoxy) is 2. The fourth-order valence-electron chi connectivity index (χ4n) is 3.71. The Morgan fingerprint density at radius 3 is 2.19 bits per heavy atom. The van der Waals surface area contributed by atoms with E-state index in [4.69, 9.17) is 9.47 Å². The Morgan fingerprint density at radius 1 is 0.969 bits per heavy atom. The van der Waals surface area contributed by atoms with Crippen molar-refractivity contribution in [3.8, 4) is 11.5 Å². The molecule has 1 aliphatic rings. The Labute approximate surface area is 190 Å². The predicted molar refractivity (Wildman–Crippen MR) is 125 cm³/mol. The van der Waals surface area contributed by atoms with E-state index in [9.17, 15) is 13.2 Å². The van der Waals surface area contributed by atoms with Crippen LogP contribution in [0.1, 0.15) is 25.7 Å². The zero-order chi connectivity index (χ0) is 23.1. The van der Waals surface area contributed by atoms with E-state index in [0.717, 1.165) is 31.4 Å². The molecule has 0 radical (unpaired) electrons. The van der Waals surface area contributed by atoms with Crippen LogP contribution in [0.15, 0.2) is 47.4 Å². The highest BCUT2D eigenvalue weighted by Crippen LogP contribution is 2.31. The van der Waals surface area contributed by atoms with Gasteiger partial charge in [-0.25, -0.2) is 8.42 Å². The highest BCUT2D eigenvalue weighted by molar-refractivity contribution is 7.89. The second-order valence-corrected chi connectivity index (χ2v) is 9.72. The van der Waals surface area contributed by atoms with E-state index in [1.807, 2.05) is 6.07 Å². The van der Waals surface area contributed by atoms with Gasteiger partial charge < -0.3 is 19.7 Å². The number of hydrogen-bond donors (Lipinski definition) is 1. The highest BCUT2D eigenvalue weighted by atomic mass is 32.2. The van der Waals surface area contributed by atoms with E-state index >= 15 is 0 Å². The van der Waals surface area contributed by atoms with Crippen LogP contribution >= 0.6 is 0 Å². The van der Waals surface area contributed by atoms with Gasteiger partial charge in [0.1, 0.15) is 0 Å². The normalized spacial score (nSPS) is 15.0. The number of anilines is 2. The third kappa shape index (κ3) is 5.72. The maximum atomic E-state index is 12.9. The van der Waals surface area contributed by atoms with Gasteiger partial charge in [0.15, 0.2) is 11.5 Å². The van der Waals surface area contributed by atoms with Crippen molar-refractivity contribution >= 4 is 27.3 Å². The molecule has 9 heteroatoms. The average Bonchev–Trinajstić information content (AvgIpc) is 3.09. The van der Waals surface area contributed by atoms with Crippen LogP contribution in [0.3, 0.4) is 0 Å². The van der Waals surface area contributed by atoms with Gasteiger partial charge in [-0.15, -0.1) is 0 Å². The van der Waals surface area contributed by atoms with Crippen molar-refractivity contribution in [1.82, 2.24) is 4.31 Å². The van der Waals surface area contributed by atoms with Crippen LogP contribution in [0.25, 0.3) is 0 Å². The molecule has 0 unspecified atom stereocenters. The van der Waals surface area contributed by atoms with Crippen LogP contribution in [0.4, 0.5) is 11.4 Å². The zero-order valence-corrected chi connectivity index (χ0v) is 19.7. The molecule has 0 saturated carbocycles. The average molecular weight is 462 g/mol. The van der Waals surface area contributed by atoms with Gasteiger partial charge in [0.2, 0.25) is 15.9 Å².